The van der Waals surface area contributed by atoms with Crippen molar-refractivity contribution >= 4 is 17.3 Å². The minimum Gasteiger partial charge on any atom is -0.493 e. The van der Waals surface area contributed by atoms with Crippen LogP contribution in [0, 0.1) is 0 Å². The van der Waals surface area contributed by atoms with Gasteiger partial charge in [0.1, 0.15) is 0 Å². The summed E-state index contributed by atoms with van der Waals surface area (Å²) in [4.78, 5) is 14.5. The van der Waals surface area contributed by atoms with Crippen LogP contribution in [0.1, 0.15) is 12.0 Å². The number of amides is 1. The molecule has 1 amide bonds. The molecule has 0 aromatic heterocycles. The maximum atomic E-state index is 12.2. The SMILES string of the molecule is COc1ccc(CNC(=O)CCNc2ccccc2N2CCOCC2)cc1OC. The Morgan fingerprint density at radius 1 is 1.07 bits per heavy atom. The van der Waals surface area contributed by atoms with Crippen LogP contribution >= 0.6 is 0 Å². The van der Waals surface area contributed by atoms with Gasteiger partial charge in [-0.1, -0.05) is 18.2 Å². The predicted octanol–water partition coefficient (Wildman–Crippen LogP) is 2.66. The zero-order valence-electron chi connectivity index (χ0n) is 17.1. The van der Waals surface area contributed by atoms with Crippen molar-refractivity contribution in [3.8, 4) is 11.5 Å². The summed E-state index contributed by atoms with van der Waals surface area (Å²) < 4.78 is 16.0. The highest BCUT2D eigenvalue weighted by atomic mass is 16.5. The zero-order chi connectivity index (χ0) is 20.5. The lowest BCUT2D eigenvalue weighted by Gasteiger charge is -2.30. The second kappa shape index (κ2) is 10.6. The van der Waals surface area contributed by atoms with E-state index >= 15 is 0 Å². The molecule has 1 saturated heterocycles. The minimum absolute atomic E-state index is 0.00358. The molecule has 0 aliphatic carbocycles. The lowest BCUT2D eigenvalue weighted by Crippen LogP contribution is -2.36. The number of hydrogen-bond donors (Lipinski definition) is 2. The lowest BCUT2D eigenvalue weighted by molar-refractivity contribution is -0.121. The molecule has 7 nitrogen and oxygen atoms in total. The highest BCUT2D eigenvalue weighted by Gasteiger charge is 2.14. The molecular formula is C22H29N3O4. The molecular weight excluding hydrogens is 370 g/mol. The van der Waals surface area contributed by atoms with Crippen molar-refractivity contribution in [3.05, 3.63) is 48.0 Å². The number of ether oxygens (including phenoxy) is 3. The average Bonchev–Trinajstić information content (AvgIpc) is 2.78. The molecule has 2 aromatic carbocycles. The largest absolute Gasteiger partial charge is 0.493 e. The number of anilines is 2. The zero-order valence-corrected chi connectivity index (χ0v) is 17.1. The second-order valence-corrected chi connectivity index (χ2v) is 6.76. The second-order valence-electron chi connectivity index (χ2n) is 6.76. The fourth-order valence-corrected chi connectivity index (χ4v) is 3.29. The van der Waals surface area contributed by atoms with Gasteiger partial charge in [-0.2, -0.15) is 0 Å². The number of carbonyl (C=O) groups excluding carboxylic acids is 1. The Balaban J connectivity index is 1.47. The monoisotopic (exact) mass is 399 g/mol. The number of rotatable bonds is 9. The molecule has 1 aliphatic heterocycles. The molecule has 2 N–H and O–H groups in total. The summed E-state index contributed by atoms with van der Waals surface area (Å²) in [7, 11) is 3.20. The first kappa shape index (κ1) is 20.8. The third-order valence-corrected chi connectivity index (χ3v) is 4.86. The Kier molecular flexibility index (Phi) is 7.58. The van der Waals surface area contributed by atoms with Crippen molar-refractivity contribution in [2.45, 2.75) is 13.0 Å². The van der Waals surface area contributed by atoms with Crippen LogP contribution in [0.4, 0.5) is 11.4 Å². The molecule has 29 heavy (non-hydrogen) atoms. The van der Waals surface area contributed by atoms with Crippen molar-refractivity contribution in [1.82, 2.24) is 5.32 Å². The predicted molar refractivity (Wildman–Crippen MR) is 114 cm³/mol. The highest BCUT2D eigenvalue weighted by molar-refractivity contribution is 5.77. The van der Waals surface area contributed by atoms with Gasteiger partial charge >= 0.3 is 0 Å². The van der Waals surface area contributed by atoms with Gasteiger partial charge in [0, 0.05) is 32.6 Å². The maximum Gasteiger partial charge on any atom is 0.222 e. The fraction of sp³-hybridized carbons (Fsp3) is 0.409. The van der Waals surface area contributed by atoms with E-state index < -0.39 is 0 Å². The number of methoxy groups -OCH3 is 2. The molecule has 0 atom stereocenters. The van der Waals surface area contributed by atoms with Crippen LogP contribution < -0.4 is 25.0 Å². The van der Waals surface area contributed by atoms with Crippen LogP contribution in [0.3, 0.4) is 0 Å². The van der Waals surface area contributed by atoms with E-state index in [1.54, 1.807) is 14.2 Å². The van der Waals surface area contributed by atoms with E-state index in [1.807, 2.05) is 36.4 Å². The summed E-state index contributed by atoms with van der Waals surface area (Å²) >= 11 is 0. The van der Waals surface area contributed by atoms with Crippen molar-refractivity contribution in [1.29, 1.82) is 0 Å². The van der Waals surface area contributed by atoms with Gasteiger partial charge in [-0.15, -0.1) is 0 Å². The van der Waals surface area contributed by atoms with Crippen molar-refractivity contribution < 1.29 is 19.0 Å². The third kappa shape index (κ3) is 5.77. The number of nitrogens with one attached hydrogen (secondary N) is 2. The Morgan fingerprint density at radius 2 is 1.83 bits per heavy atom. The van der Waals surface area contributed by atoms with E-state index in [4.69, 9.17) is 14.2 Å². The Labute approximate surface area is 171 Å². The molecule has 156 valence electrons. The van der Waals surface area contributed by atoms with Gasteiger partial charge in [0.2, 0.25) is 5.91 Å². The fourth-order valence-electron chi connectivity index (χ4n) is 3.29. The number of carbonyl (C=O) groups is 1. The summed E-state index contributed by atoms with van der Waals surface area (Å²) in [5.74, 6) is 1.32. The summed E-state index contributed by atoms with van der Waals surface area (Å²) in [6, 6.07) is 13.8. The molecule has 0 spiro atoms. The summed E-state index contributed by atoms with van der Waals surface area (Å²) in [5.41, 5.74) is 3.16. The highest BCUT2D eigenvalue weighted by Crippen LogP contribution is 2.28. The molecule has 0 unspecified atom stereocenters. The summed E-state index contributed by atoms with van der Waals surface area (Å²) in [6.45, 7) is 4.26. The molecule has 1 aliphatic rings. The van der Waals surface area contributed by atoms with E-state index in [2.05, 4.69) is 21.6 Å². The normalized spacial score (nSPS) is 13.7. The number of nitrogens with zero attached hydrogens (tertiary/aromatic N) is 1. The molecule has 3 rings (SSSR count). The number of para-hydroxylation sites is 2. The molecule has 0 bridgehead atoms. The smallest absolute Gasteiger partial charge is 0.222 e. The number of hydrogen-bond acceptors (Lipinski definition) is 6. The van der Waals surface area contributed by atoms with Crippen LogP contribution in [-0.2, 0) is 16.1 Å². The maximum absolute atomic E-state index is 12.2. The number of morpholine rings is 1. The number of benzene rings is 2. The van der Waals surface area contributed by atoms with E-state index in [0.29, 0.717) is 31.0 Å². The van der Waals surface area contributed by atoms with Gasteiger partial charge in [0.05, 0.1) is 38.8 Å². The molecule has 1 heterocycles. The Morgan fingerprint density at radius 3 is 2.59 bits per heavy atom. The first-order valence-electron chi connectivity index (χ1n) is 9.84. The lowest BCUT2D eigenvalue weighted by atomic mass is 10.2. The van der Waals surface area contributed by atoms with Crippen LogP contribution in [0.25, 0.3) is 0 Å². The minimum atomic E-state index is -0.00358. The van der Waals surface area contributed by atoms with Crippen molar-refractivity contribution in [2.24, 2.45) is 0 Å². The van der Waals surface area contributed by atoms with Crippen molar-refractivity contribution in [2.75, 3.05) is 57.3 Å². The molecule has 0 radical (unpaired) electrons. The van der Waals surface area contributed by atoms with Gasteiger partial charge in [-0.25, -0.2) is 0 Å². The van der Waals surface area contributed by atoms with Gasteiger partial charge in [-0.05, 0) is 29.8 Å². The van der Waals surface area contributed by atoms with E-state index in [9.17, 15) is 4.79 Å². The summed E-state index contributed by atoms with van der Waals surface area (Å²) in [6.07, 6.45) is 0.394. The first-order chi connectivity index (χ1) is 14.2. The van der Waals surface area contributed by atoms with Crippen molar-refractivity contribution in [3.63, 3.8) is 0 Å². The quantitative estimate of drug-likeness (QED) is 0.676. The van der Waals surface area contributed by atoms with E-state index in [1.165, 1.54) is 0 Å². The van der Waals surface area contributed by atoms with E-state index in [0.717, 1.165) is 43.2 Å². The van der Waals surface area contributed by atoms with Gasteiger partial charge < -0.3 is 29.7 Å². The Bertz CT molecular complexity index is 806. The summed E-state index contributed by atoms with van der Waals surface area (Å²) in [5, 5.41) is 6.34. The van der Waals surface area contributed by atoms with Crippen LogP contribution in [0.2, 0.25) is 0 Å². The van der Waals surface area contributed by atoms with Gasteiger partial charge in [0.25, 0.3) is 0 Å². The van der Waals surface area contributed by atoms with E-state index in [-0.39, 0.29) is 5.91 Å². The van der Waals surface area contributed by atoms with Crippen LogP contribution in [0.15, 0.2) is 42.5 Å². The molecule has 0 saturated carbocycles. The average molecular weight is 399 g/mol. The Hall–Kier alpha value is -2.93. The topological polar surface area (TPSA) is 72.1 Å². The molecule has 1 fully saturated rings. The van der Waals surface area contributed by atoms with Crippen LogP contribution in [0.5, 0.6) is 11.5 Å². The standard InChI is InChI=1S/C22H29N3O4/c1-27-20-8-7-17(15-21(20)28-2)16-24-22(26)9-10-23-18-5-3-4-6-19(18)25-11-13-29-14-12-25/h3-8,15,23H,9-14,16H2,1-2H3,(H,24,26). The molecule has 7 heteroatoms. The first-order valence-corrected chi connectivity index (χ1v) is 9.84. The van der Waals surface area contributed by atoms with Crippen LogP contribution in [-0.4, -0.2) is 53.0 Å². The third-order valence-electron chi connectivity index (χ3n) is 4.86. The molecule has 2 aromatic rings. The van der Waals surface area contributed by atoms with Gasteiger partial charge in [-0.3, -0.25) is 4.79 Å². The van der Waals surface area contributed by atoms with Gasteiger partial charge in [0.15, 0.2) is 11.5 Å².